The predicted molar refractivity (Wildman–Crippen MR) is 184 cm³/mol. The first-order chi connectivity index (χ1) is 24.3. The number of carbonyl (C=O) groups excluding carboxylic acids is 5. The summed E-state index contributed by atoms with van der Waals surface area (Å²) in [5, 5.41) is 5.11. The van der Waals surface area contributed by atoms with Crippen LogP contribution in [0.4, 0.5) is 9.59 Å². The first kappa shape index (κ1) is 35.6. The number of nitrogens with zero attached hydrogens (tertiary/aromatic N) is 3. The summed E-state index contributed by atoms with van der Waals surface area (Å²) in [5.41, 5.74) is 9.33. The molecule has 2 aliphatic heterocycles. The molecule has 0 unspecified atom stereocenters. The third kappa shape index (κ3) is 9.68. The average Bonchev–Trinajstić information content (AvgIpc) is 3.64. The molecular formula is C37H42N6O7. The van der Waals surface area contributed by atoms with Crippen LogP contribution in [0.15, 0.2) is 89.9 Å². The summed E-state index contributed by atoms with van der Waals surface area (Å²) >= 11 is 0. The molecule has 3 atom stereocenters. The fourth-order valence-electron chi connectivity index (χ4n) is 6.10. The number of alkyl carbamates (subject to hydrolysis) is 1. The quantitative estimate of drug-likeness (QED) is 0.113. The summed E-state index contributed by atoms with van der Waals surface area (Å²) in [6.07, 6.45) is 1.28. The van der Waals surface area contributed by atoms with E-state index >= 15 is 0 Å². The van der Waals surface area contributed by atoms with Gasteiger partial charge in [0.25, 0.3) is 0 Å². The zero-order valence-electron chi connectivity index (χ0n) is 27.7. The largest absolute Gasteiger partial charge is 0.445 e. The van der Waals surface area contributed by atoms with E-state index in [1.54, 1.807) is 0 Å². The number of guanidine groups is 1. The van der Waals surface area contributed by atoms with Crippen LogP contribution < -0.4 is 16.4 Å². The number of aldehydes is 1. The van der Waals surface area contributed by atoms with Crippen molar-refractivity contribution in [3.8, 4) is 0 Å². The van der Waals surface area contributed by atoms with Crippen LogP contribution in [0.1, 0.15) is 47.9 Å². The summed E-state index contributed by atoms with van der Waals surface area (Å²) < 4.78 is 10.7. The number of nitrogens with two attached hydrogens (primary N) is 1. The maximum absolute atomic E-state index is 14.1. The molecule has 2 heterocycles. The van der Waals surface area contributed by atoms with Crippen LogP contribution in [0.2, 0.25) is 0 Å². The molecule has 50 heavy (non-hydrogen) atoms. The Balaban J connectivity index is 1.13. The zero-order valence-corrected chi connectivity index (χ0v) is 27.7. The van der Waals surface area contributed by atoms with Crippen LogP contribution in [-0.2, 0) is 50.0 Å². The molecule has 4 amide bonds. The molecule has 13 nitrogen and oxygen atoms in total. The van der Waals surface area contributed by atoms with Crippen molar-refractivity contribution in [2.45, 2.75) is 70.0 Å². The van der Waals surface area contributed by atoms with E-state index in [0.29, 0.717) is 38.5 Å². The number of amides is 4. The van der Waals surface area contributed by atoms with Crippen LogP contribution in [-0.4, -0.2) is 77.3 Å². The highest BCUT2D eigenvalue weighted by molar-refractivity contribution is 5.93. The van der Waals surface area contributed by atoms with E-state index in [4.69, 9.17) is 15.2 Å². The number of ether oxygens (including phenoxy) is 2. The van der Waals surface area contributed by atoms with Gasteiger partial charge in [-0.3, -0.25) is 24.8 Å². The number of rotatable bonds is 12. The number of hydrogen-bond donors (Lipinski definition) is 3. The summed E-state index contributed by atoms with van der Waals surface area (Å²) in [5.74, 6) is -0.900. The smallest absolute Gasteiger partial charge is 0.414 e. The van der Waals surface area contributed by atoms with Gasteiger partial charge < -0.3 is 30.2 Å². The molecule has 0 bridgehead atoms. The van der Waals surface area contributed by atoms with Crippen molar-refractivity contribution in [3.05, 3.63) is 107 Å². The summed E-state index contributed by atoms with van der Waals surface area (Å²) in [6.45, 7) is 0.894. The van der Waals surface area contributed by atoms with E-state index < -0.39 is 36.2 Å². The number of aliphatic imine (C=N–C) groups is 1. The van der Waals surface area contributed by atoms with Crippen molar-refractivity contribution in [2.75, 3.05) is 13.1 Å². The second-order valence-electron chi connectivity index (χ2n) is 12.2. The third-order valence-corrected chi connectivity index (χ3v) is 8.70. The van der Waals surface area contributed by atoms with Crippen LogP contribution in [0.3, 0.4) is 0 Å². The van der Waals surface area contributed by atoms with Gasteiger partial charge in [0.15, 0.2) is 5.96 Å². The van der Waals surface area contributed by atoms with Crippen LogP contribution in [0.25, 0.3) is 0 Å². The second-order valence-corrected chi connectivity index (χ2v) is 12.2. The number of carbonyl (C=O) groups is 5. The lowest BCUT2D eigenvalue weighted by Crippen LogP contribution is -2.57. The van der Waals surface area contributed by atoms with E-state index in [2.05, 4.69) is 15.6 Å². The molecule has 5 rings (SSSR count). The minimum Gasteiger partial charge on any atom is -0.445 e. The van der Waals surface area contributed by atoms with Crippen LogP contribution >= 0.6 is 0 Å². The van der Waals surface area contributed by atoms with Gasteiger partial charge in [-0.15, -0.1) is 0 Å². The molecule has 0 saturated carbocycles. The Kier molecular flexibility index (Phi) is 12.5. The Labute approximate surface area is 290 Å². The van der Waals surface area contributed by atoms with Gasteiger partial charge >= 0.3 is 12.2 Å². The lowest BCUT2D eigenvalue weighted by molar-refractivity contribution is -0.143. The van der Waals surface area contributed by atoms with Crippen LogP contribution in [0, 0.1) is 0 Å². The number of nitrogens with one attached hydrogen (secondary N) is 2. The monoisotopic (exact) mass is 682 g/mol. The van der Waals surface area contributed by atoms with E-state index in [9.17, 15) is 24.0 Å². The fourth-order valence-corrected chi connectivity index (χ4v) is 6.10. The Hall–Kier alpha value is -5.72. The van der Waals surface area contributed by atoms with E-state index in [1.807, 2.05) is 84.9 Å². The van der Waals surface area contributed by atoms with Crippen molar-refractivity contribution in [1.82, 2.24) is 20.4 Å². The predicted octanol–water partition coefficient (Wildman–Crippen LogP) is 3.45. The van der Waals surface area contributed by atoms with Gasteiger partial charge in [0, 0.05) is 19.5 Å². The Bertz CT molecular complexity index is 1670. The van der Waals surface area contributed by atoms with Crippen molar-refractivity contribution in [3.63, 3.8) is 0 Å². The Morgan fingerprint density at radius 3 is 2.18 bits per heavy atom. The molecule has 2 aliphatic rings. The summed E-state index contributed by atoms with van der Waals surface area (Å²) in [7, 11) is 0. The molecular weight excluding hydrogens is 640 g/mol. The summed E-state index contributed by atoms with van der Waals surface area (Å²) in [4.78, 5) is 71.8. The molecule has 0 radical (unpaired) electrons. The normalized spacial score (nSPS) is 17.6. The highest BCUT2D eigenvalue weighted by atomic mass is 16.6. The molecule has 0 spiro atoms. The molecule has 3 aromatic rings. The van der Waals surface area contributed by atoms with Gasteiger partial charge in [-0.2, -0.15) is 0 Å². The van der Waals surface area contributed by atoms with E-state index in [-0.39, 0.29) is 44.6 Å². The molecule has 0 aromatic heterocycles. The summed E-state index contributed by atoms with van der Waals surface area (Å²) in [6, 6.07) is 23.7. The minimum absolute atomic E-state index is 0.0657. The van der Waals surface area contributed by atoms with Crippen molar-refractivity contribution in [1.29, 1.82) is 0 Å². The van der Waals surface area contributed by atoms with Crippen molar-refractivity contribution in [2.24, 2.45) is 10.7 Å². The second kappa shape index (κ2) is 17.6. The molecule has 1 fully saturated rings. The number of likely N-dealkylation sites (tertiary alicyclic amines) is 1. The topological polar surface area (TPSA) is 173 Å². The van der Waals surface area contributed by atoms with Crippen molar-refractivity contribution >= 4 is 36.2 Å². The molecule has 4 N–H and O–H groups in total. The lowest BCUT2D eigenvalue weighted by Gasteiger charge is -2.38. The molecule has 13 heteroatoms. The van der Waals surface area contributed by atoms with E-state index in [1.165, 1.54) is 9.80 Å². The third-order valence-electron chi connectivity index (χ3n) is 8.70. The maximum Gasteiger partial charge on any atom is 0.414 e. The number of fused-ring (bicyclic) bond motifs is 1. The highest BCUT2D eigenvalue weighted by Crippen LogP contribution is 2.28. The van der Waals surface area contributed by atoms with Gasteiger partial charge in [-0.05, 0) is 47.9 Å². The molecule has 1 saturated heterocycles. The zero-order chi connectivity index (χ0) is 35.3. The maximum atomic E-state index is 14.1. The first-order valence-corrected chi connectivity index (χ1v) is 16.7. The van der Waals surface area contributed by atoms with Crippen molar-refractivity contribution < 1.29 is 33.4 Å². The van der Waals surface area contributed by atoms with Crippen LogP contribution in [0.5, 0.6) is 0 Å². The first-order valence-electron chi connectivity index (χ1n) is 16.7. The molecule has 0 aliphatic carbocycles. The molecule has 262 valence electrons. The number of hydrogen-bond acceptors (Lipinski definition) is 8. The fraction of sp³-hybridized carbons (Fsp3) is 0.351. The standard InChI is InChI=1S/C37H42N6O7/c38-35(41-36(47)49-24-26-11-3-1-4-12-26)39-19-9-17-30(23-44)40-33(45)31-18-10-20-42(31)34(46)32-21-28-15-7-8-16-29(28)22-43(32)37(48)50-25-27-13-5-2-6-14-27/h1-8,11-16,23,30-32H,9-10,17-22,24-25H2,(H,40,45)(H3,38,39,41,47)/t30-,31-,32+/m0/s1. The highest BCUT2D eigenvalue weighted by Gasteiger charge is 2.43. The Morgan fingerprint density at radius 2 is 1.50 bits per heavy atom. The van der Waals surface area contributed by atoms with E-state index in [0.717, 1.165) is 22.3 Å². The number of benzene rings is 3. The Morgan fingerprint density at radius 1 is 0.860 bits per heavy atom. The average molecular weight is 683 g/mol. The van der Waals surface area contributed by atoms with Gasteiger partial charge in [-0.25, -0.2) is 9.59 Å². The molecule has 3 aromatic carbocycles. The van der Waals surface area contributed by atoms with Gasteiger partial charge in [0.1, 0.15) is 31.6 Å². The van der Waals surface area contributed by atoms with Gasteiger partial charge in [-0.1, -0.05) is 84.9 Å². The van der Waals surface area contributed by atoms with Gasteiger partial charge in [0.05, 0.1) is 12.6 Å². The lowest BCUT2D eigenvalue weighted by atomic mass is 9.93. The minimum atomic E-state index is -0.851. The SMILES string of the molecule is NC(=NCCC[C@@H](C=O)NC(=O)[C@@H]1CCCN1C(=O)[C@H]1Cc2ccccc2CN1C(=O)OCc1ccccc1)NC(=O)OCc1ccccc1. The van der Waals surface area contributed by atoms with Gasteiger partial charge in [0.2, 0.25) is 11.8 Å².